The molecular weight excluding hydrogens is 138 g/mol. The molecule has 0 aromatic rings. The van der Waals surface area contributed by atoms with Crippen molar-refractivity contribution in [3.63, 3.8) is 0 Å². The van der Waals surface area contributed by atoms with Gasteiger partial charge in [0.15, 0.2) is 0 Å². The van der Waals surface area contributed by atoms with Crippen molar-refractivity contribution in [1.82, 2.24) is 10.3 Å². The van der Waals surface area contributed by atoms with Crippen LogP contribution in [-0.2, 0) is 0 Å². The number of piperidine rings is 1. The molecule has 11 heavy (non-hydrogen) atoms. The van der Waals surface area contributed by atoms with Crippen LogP contribution in [0.2, 0.25) is 0 Å². The van der Waals surface area contributed by atoms with Gasteiger partial charge in [-0.15, -0.1) is 0 Å². The summed E-state index contributed by atoms with van der Waals surface area (Å²) in [5.74, 6) is 5.57. The second-order valence-electron chi connectivity index (χ2n) is 3.87. The molecule has 3 N–H and O–H groups in total. The monoisotopic (exact) mass is 155 g/mol. The van der Waals surface area contributed by atoms with Gasteiger partial charge >= 0.3 is 0 Å². The van der Waals surface area contributed by atoms with Crippen LogP contribution in [0.4, 0.5) is 0 Å². The molecule has 3 fully saturated rings. The molecule has 3 heteroatoms. The Bertz CT molecular complexity index is 133. The van der Waals surface area contributed by atoms with Gasteiger partial charge in [-0.1, -0.05) is 0 Å². The van der Waals surface area contributed by atoms with E-state index >= 15 is 0 Å². The van der Waals surface area contributed by atoms with E-state index in [1.165, 1.54) is 45.3 Å². The van der Waals surface area contributed by atoms with Gasteiger partial charge in [-0.05, 0) is 45.3 Å². The Kier molecular flexibility index (Phi) is 1.87. The standard InChI is InChI=1S/C8H17N3/c9-10-8-2-1-5-11(6-3-8)7-4-8/h10H,1-7,9H2. The van der Waals surface area contributed by atoms with Crippen LogP contribution in [0.15, 0.2) is 0 Å². The van der Waals surface area contributed by atoms with Crippen molar-refractivity contribution in [2.24, 2.45) is 5.84 Å². The van der Waals surface area contributed by atoms with Crippen molar-refractivity contribution in [3.05, 3.63) is 0 Å². The first-order chi connectivity index (χ1) is 5.35. The number of nitrogens with zero attached hydrogens (tertiary/aromatic N) is 1. The molecule has 3 rings (SSSR count). The van der Waals surface area contributed by atoms with E-state index in [0.29, 0.717) is 5.54 Å². The van der Waals surface area contributed by atoms with Gasteiger partial charge in [-0.3, -0.25) is 11.3 Å². The average Bonchev–Trinajstić information content (AvgIpc) is 2.37. The summed E-state index contributed by atoms with van der Waals surface area (Å²) in [6, 6.07) is 0. The van der Waals surface area contributed by atoms with Crippen molar-refractivity contribution < 1.29 is 0 Å². The van der Waals surface area contributed by atoms with E-state index in [0.717, 1.165) is 0 Å². The van der Waals surface area contributed by atoms with E-state index in [1.807, 2.05) is 0 Å². The summed E-state index contributed by atoms with van der Waals surface area (Å²) >= 11 is 0. The summed E-state index contributed by atoms with van der Waals surface area (Å²) in [5, 5.41) is 0. The zero-order valence-corrected chi connectivity index (χ0v) is 6.97. The normalized spacial score (nSPS) is 43.9. The fraction of sp³-hybridized carbons (Fsp3) is 1.00. The van der Waals surface area contributed by atoms with Crippen LogP contribution in [0.1, 0.15) is 25.7 Å². The molecule has 0 spiro atoms. The number of nitrogens with two attached hydrogens (primary N) is 1. The number of fused-ring (bicyclic) bond motifs is 4. The SMILES string of the molecule is NNC12CCCN(CC1)CC2. The van der Waals surface area contributed by atoms with E-state index in [9.17, 15) is 0 Å². The predicted molar refractivity (Wildman–Crippen MR) is 45.0 cm³/mol. The lowest BCUT2D eigenvalue weighted by Crippen LogP contribution is -2.53. The lowest BCUT2D eigenvalue weighted by atomic mass is 9.86. The van der Waals surface area contributed by atoms with E-state index < -0.39 is 0 Å². The van der Waals surface area contributed by atoms with Crippen LogP contribution in [0.5, 0.6) is 0 Å². The first-order valence-electron chi connectivity index (χ1n) is 4.55. The minimum absolute atomic E-state index is 0.299. The van der Waals surface area contributed by atoms with Crippen LogP contribution in [0, 0.1) is 0 Å². The maximum atomic E-state index is 5.57. The van der Waals surface area contributed by atoms with Gasteiger partial charge in [-0.25, -0.2) is 0 Å². The number of rotatable bonds is 1. The molecule has 0 aromatic heterocycles. The second-order valence-corrected chi connectivity index (χ2v) is 3.87. The first kappa shape index (κ1) is 7.53. The molecule has 0 saturated carbocycles. The van der Waals surface area contributed by atoms with Crippen molar-refractivity contribution in [1.29, 1.82) is 0 Å². The van der Waals surface area contributed by atoms with Crippen LogP contribution < -0.4 is 11.3 Å². The summed E-state index contributed by atoms with van der Waals surface area (Å²) < 4.78 is 0. The summed E-state index contributed by atoms with van der Waals surface area (Å²) in [4.78, 5) is 2.54. The fourth-order valence-electron chi connectivity index (χ4n) is 2.31. The van der Waals surface area contributed by atoms with Crippen LogP contribution in [-0.4, -0.2) is 30.1 Å². The third-order valence-corrected chi connectivity index (χ3v) is 3.25. The summed E-state index contributed by atoms with van der Waals surface area (Å²) in [5.41, 5.74) is 3.32. The predicted octanol–water partition coefficient (Wildman–Crippen LogP) is 0.0781. The number of hydrazine groups is 1. The molecule has 0 aromatic carbocycles. The molecule has 3 aliphatic rings. The van der Waals surface area contributed by atoms with Crippen molar-refractivity contribution >= 4 is 0 Å². The summed E-state index contributed by atoms with van der Waals surface area (Å²) in [6.07, 6.45) is 5.05. The van der Waals surface area contributed by atoms with Gasteiger partial charge in [-0.2, -0.15) is 0 Å². The van der Waals surface area contributed by atoms with E-state index in [-0.39, 0.29) is 0 Å². The smallest absolute Gasteiger partial charge is 0.0346 e. The third kappa shape index (κ3) is 1.28. The first-order valence-corrected chi connectivity index (χ1v) is 4.55. The van der Waals surface area contributed by atoms with E-state index in [2.05, 4.69) is 10.3 Å². The molecule has 64 valence electrons. The molecular formula is C8H17N3. The maximum absolute atomic E-state index is 5.57. The summed E-state index contributed by atoms with van der Waals surface area (Å²) in [6.45, 7) is 3.76. The number of nitrogens with one attached hydrogen (secondary N) is 1. The topological polar surface area (TPSA) is 41.3 Å². The quantitative estimate of drug-likeness (QED) is 0.416. The number of hydrogen-bond acceptors (Lipinski definition) is 3. The highest BCUT2D eigenvalue weighted by atomic mass is 15.3. The average molecular weight is 155 g/mol. The third-order valence-electron chi connectivity index (χ3n) is 3.25. The maximum Gasteiger partial charge on any atom is 0.0346 e. The molecule has 3 saturated heterocycles. The fourth-order valence-corrected chi connectivity index (χ4v) is 2.31. The Hall–Kier alpha value is -0.120. The van der Waals surface area contributed by atoms with Gasteiger partial charge in [0, 0.05) is 5.54 Å². The molecule has 0 radical (unpaired) electrons. The molecule has 0 amide bonds. The molecule has 3 aliphatic heterocycles. The van der Waals surface area contributed by atoms with Crippen LogP contribution in [0.25, 0.3) is 0 Å². The Morgan fingerprint density at radius 2 is 1.82 bits per heavy atom. The zero-order chi connectivity index (χ0) is 7.73. The van der Waals surface area contributed by atoms with Gasteiger partial charge in [0.1, 0.15) is 0 Å². The Balaban J connectivity index is 2.10. The van der Waals surface area contributed by atoms with Gasteiger partial charge in [0.05, 0.1) is 0 Å². The molecule has 3 nitrogen and oxygen atoms in total. The highest BCUT2D eigenvalue weighted by molar-refractivity contribution is 4.94. The Morgan fingerprint density at radius 3 is 2.45 bits per heavy atom. The highest BCUT2D eigenvalue weighted by Crippen LogP contribution is 2.29. The molecule has 2 bridgehead atoms. The number of hydrogen-bond donors (Lipinski definition) is 2. The molecule has 3 heterocycles. The van der Waals surface area contributed by atoms with Crippen molar-refractivity contribution in [3.8, 4) is 0 Å². The van der Waals surface area contributed by atoms with Crippen LogP contribution in [0.3, 0.4) is 0 Å². The van der Waals surface area contributed by atoms with Gasteiger partial charge in [0.25, 0.3) is 0 Å². The van der Waals surface area contributed by atoms with Gasteiger partial charge in [0.2, 0.25) is 0 Å². The zero-order valence-electron chi connectivity index (χ0n) is 6.97. The van der Waals surface area contributed by atoms with E-state index in [4.69, 9.17) is 5.84 Å². The molecule has 0 atom stereocenters. The summed E-state index contributed by atoms with van der Waals surface area (Å²) in [7, 11) is 0. The largest absolute Gasteiger partial charge is 0.303 e. The Labute approximate surface area is 67.9 Å². The van der Waals surface area contributed by atoms with Crippen molar-refractivity contribution in [2.75, 3.05) is 19.6 Å². The molecule has 0 unspecified atom stereocenters. The lowest BCUT2D eigenvalue weighted by molar-refractivity contribution is 0.171. The second kappa shape index (κ2) is 2.73. The Morgan fingerprint density at radius 1 is 1.09 bits per heavy atom. The minimum Gasteiger partial charge on any atom is -0.303 e. The minimum atomic E-state index is 0.299. The van der Waals surface area contributed by atoms with Crippen LogP contribution >= 0.6 is 0 Å². The lowest BCUT2D eigenvalue weighted by Gasteiger charge is -2.37. The van der Waals surface area contributed by atoms with Gasteiger partial charge < -0.3 is 4.90 Å². The molecule has 0 aliphatic carbocycles. The highest BCUT2D eigenvalue weighted by Gasteiger charge is 2.35. The van der Waals surface area contributed by atoms with E-state index in [1.54, 1.807) is 0 Å². The van der Waals surface area contributed by atoms with Crippen molar-refractivity contribution in [2.45, 2.75) is 31.2 Å².